The Morgan fingerprint density at radius 2 is 0.740 bits per heavy atom. The van der Waals surface area contributed by atoms with E-state index in [1.807, 2.05) is 85.2 Å². The lowest BCUT2D eigenvalue weighted by atomic mass is 9.98. The van der Waals surface area contributed by atoms with Crippen LogP contribution in [0.5, 0.6) is 0 Å². The predicted molar refractivity (Wildman–Crippen MR) is 199 cm³/mol. The highest BCUT2D eigenvalue weighted by molar-refractivity contribution is 6.12. The number of nitrogens with zero attached hydrogens (tertiary/aromatic N) is 4. The molecular formula is C44H26N4O2. The number of hydrogen-bond acceptors (Lipinski definition) is 6. The average Bonchev–Trinajstić information content (AvgIpc) is 3.78. The van der Waals surface area contributed by atoms with Crippen LogP contribution >= 0.6 is 0 Å². The molecule has 0 fully saturated rings. The van der Waals surface area contributed by atoms with Gasteiger partial charge in [0.25, 0.3) is 0 Å². The summed E-state index contributed by atoms with van der Waals surface area (Å²) in [5.41, 5.74) is 14.8. The van der Waals surface area contributed by atoms with E-state index in [1.54, 1.807) is 12.4 Å². The molecule has 0 bridgehead atoms. The van der Waals surface area contributed by atoms with Crippen molar-refractivity contribution in [1.29, 1.82) is 0 Å². The SMILES string of the molecule is c1ccc(-c2cccc3c2oc2c(-c4ccc(-c5ccc(-c6ccnc7c6oc6c(-c8ccccn8)cccc67)cc5)cc4)ccnc23)nc1. The molecule has 0 aliphatic rings. The zero-order valence-corrected chi connectivity index (χ0v) is 26.6. The smallest absolute Gasteiger partial charge is 0.161 e. The first-order chi connectivity index (χ1) is 24.8. The molecule has 4 aromatic carbocycles. The molecule has 6 aromatic heterocycles. The van der Waals surface area contributed by atoms with E-state index in [0.29, 0.717) is 0 Å². The Kier molecular flexibility index (Phi) is 6.39. The Morgan fingerprint density at radius 3 is 1.16 bits per heavy atom. The minimum Gasteiger partial charge on any atom is -0.453 e. The second-order valence-corrected chi connectivity index (χ2v) is 12.2. The molecule has 10 aromatic rings. The summed E-state index contributed by atoms with van der Waals surface area (Å²) in [6.07, 6.45) is 7.30. The topological polar surface area (TPSA) is 77.8 Å². The van der Waals surface area contributed by atoms with Crippen LogP contribution in [0.4, 0.5) is 0 Å². The van der Waals surface area contributed by atoms with Crippen LogP contribution in [-0.2, 0) is 0 Å². The summed E-state index contributed by atoms with van der Waals surface area (Å²) in [7, 11) is 0. The van der Waals surface area contributed by atoms with Crippen LogP contribution in [0.25, 0.3) is 100 Å². The van der Waals surface area contributed by atoms with E-state index in [2.05, 4.69) is 70.6 Å². The van der Waals surface area contributed by atoms with Crippen LogP contribution in [0, 0.1) is 0 Å². The molecule has 10 rings (SSSR count). The first-order valence-electron chi connectivity index (χ1n) is 16.4. The van der Waals surface area contributed by atoms with E-state index < -0.39 is 0 Å². The van der Waals surface area contributed by atoms with Crippen molar-refractivity contribution in [3.63, 3.8) is 0 Å². The summed E-state index contributed by atoms with van der Waals surface area (Å²) in [6, 6.07) is 45.3. The number of furan rings is 2. The molecular weight excluding hydrogens is 617 g/mol. The lowest BCUT2D eigenvalue weighted by Crippen LogP contribution is -1.84. The largest absolute Gasteiger partial charge is 0.453 e. The van der Waals surface area contributed by atoms with Crippen LogP contribution in [0.3, 0.4) is 0 Å². The lowest BCUT2D eigenvalue weighted by molar-refractivity contribution is 0.669. The van der Waals surface area contributed by atoms with Crippen molar-refractivity contribution < 1.29 is 8.83 Å². The molecule has 0 saturated carbocycles. The van der Waals surface area contributed by atoms with Crippen molar-refractivity contribution in [2.75, 3.05) is 0 Å². The Hall–Kier alpha value is -6.92. The van der Waals surface area contributed by atoms with E-state index in [4.69, 9.17) is 18.8 Å². The quantitative estimate of drug-likeness (QED) is 0.186. The summed E-state index contributed by atoms with van der Waals surface area (Å²) >= 11 is 0. The molecule has 0 spiro atoms. The third-order valence-corrected chi connectivity index (χ3v) is 9.36. The Labute approximate surface area is 286 Å². The normalized spacial score (nSPS) is 11.6. The van der Waals surface area contributed by atoms with Crippen LogP contribution in [0.1, 0.15) is 0 Å². The molecule has 0 aliphatic carbocycles. The minimum absolute atomic E-state index is 0.768. The number of benzene rings is 4. The fourth-order valence-electron chi connectivity index (χ4n) is 6.94. The Morgan fingerprint density at radius 1 is 0.300 bits per heavy atom. The van der Waals surface area contributed by atoms with Crippen LogP contribution in [-0.4, -0.2) is 19.9 Å². The first-order valence-corrected chi connectivity index (χ1v) is 16.4. The zero-order chi connectivity index (χ0) is 33.0. The van der Waals surface area contributed by atoms with Gasteiger partial charge in [-0.3, -0.25) is 19.9 Å². The Bertz CT molecular complexity index is 2640. The highest BCUT2D eigenvalue weighted by Gasteiger charge is 2.19. The van der Waals surface area contributed by atoms with E-state index in [-0.39, 0.29) is 0 Å². The summed E-state index contributed by atoms with van der Waals surface area (Å²) in [4.78, 5) is 18.5. The van der Waals surface area contributed by atoms with Gasteiger partial charge >= 0.3 is 0 Å². The Balaban J connectivity index is 0.988. The number of hydrogen-bond donors (Lipinski definition) is 0. The minimum atomic E-state index is 0.768. The van der Waals surface area contributed by atoms with E-state index in [9.17, 15) is 0 Å². The molecule has 6 nitrogen and oxygen atoms in total. The van der Waals surface area contributed by atoms with E-state index in [1.165, 1.54) is 0 Å². The van der Waals surface area contributed by atoms with Gasteiger partial charge in [0.1, 0.15) is 22.2 Å². The summed E-state index contributed by atoms with van der Waals surface area (Å²) in [5.74, 6) is 0. The van der Waals surface area contributed by atoms with Crippen molar-refractivity contribution in [2.45, 2.75) is 0 Å². The molecule has 0 saturated heterocycles. The maximum Gasteiger partial charge on any atom is 0.161 e. The van der Waals surface area contributed by atoms with Crippen LogP contribution in [0.2, 0.25) is 0 Å². The molecule has 0 atom stereocenters. The first kappa shape index (κ1) is 28.1. The summed E-state index contributed by atoms with van der Waals surface area (Å²) in [5, 5.41) is 1.95. The standard InChI is InChI=1S/C44H26N4O2/c1-3-23-45-37(11-1)33-7-5-9-35-39-43(49-41(33)35)31(21-25-47-39)29-17-13-27(14-18-29)28-15-19-30(20-16-28)32-22-26-48-40-36-10-6-8-34(42(36)50-44(32)40)38-12-2-4-24-46-38/h1-26H. The molecule has 234 valence electrons. The number of fused-ring (bicyclic) bond motifs is 6. The van der Waals surface area contributed by atoms with Crippen molar-refractivity contribution in [3.8, 4) is 55.9 Å². The van der Waals surface area contributed by atoms with Crippen molar-refractivity contribution in [3.05, 3.63) is 158 Å². The highest BCUT2D eigenvalue weighted by atomic mass is 16.3. The highest BCUT2D eigenvalue weighted by Crippen LogP contribution is 2.40. The molecule has 0 aliphatic heterocycles. The van der Waals surface area contributed by atoms with Gasteiger partial charge in [-0.1, -0.05) is 72.8 Å². The van der Waals surface area contributed by atoms with Gasteiger partial charge in [0.15, 0.2) is 11.2 Å². The summed E-state index contributed by atoms with van der Waals surface area (Å²) < 4.78 is 13.1. The van der Waals surface area contributed by atoms with Gasteiger partial charge in [0.2, 0.25) is 0 Å². The third kappa shape index (κ3) is 4.50. The molecule has 0 N–H and O–H groups in total. The van der Waals surface area contributed by atoms with Gasteiger partial charge in [-0.2, -0.15) is 0 Å². The van der Waals surface area contributed by atoms with Gasteiger partial charge in [-0.15, -0.1) is 0 Å². The van der Waals surface area contributed by atoms with Crippen LogP contribution < -0.4 is 0 Å². The van der Waals surface area contributed by atoms with Crippen molar-refractivity contribution >= 4 is 44.1 Å². The second kappa shape index (κ2) is 11.4. The summed E-state index contributed by atoms with van der Waals surface area (Å²) in [6.45, 7) is 0. The molecule has 6 heteroatoms. The van der Waals surface area contributed by atoms with Gasteiger partial charge < -0.3 is 8.83 Å². The number of aromatic nitrogens is 4. The fraction of sp³-hybridized carbons (Fsp3) is 0. The fourth-order valence-corrected chi connectivity index (χ4v) is 6.94. The molecule has 50 heavy (non-hydrogen) atoms. The molecule has 6 heterocycles. The van der Waals surface area contributed by atoms with E-state index in [0.717, 1.165) is 100 Å². The van der Waals surface area contributed by atoms with Crippen molar-refractivity contribution in [1.82, 2.24) is 19.9 Å². The maximum atomic E-state index is 6.55. The third-order valence-electron chi connectivity index (χ3n) is 9.36. The lowest BCUT2D eigenvalue weighted by Gasteiger charge is -2.07. The molecule has 0 amide bonds. The van der Waals surface area contributed by atoms with Crippen molar-refractivity contribution in [2.24, 2.45) is 0 Å². The van der Waals surface area contributed by atoms with Gasteiger partial charge in [-0.25, -0.2) is 0 Å². The zero-order valence-electron chi connectivity index (χ0n) is 26.6. The number of rotatable bonds is 5. The predicted octanol–water partition coefficient (Wildman–Crippen LogP) is 11.4. The van der Waals surface area contributed by atoms with Gasteiger partial charge in [0.05, 0.1) is 11.4 Å². The molecule has 0 radical (unpaired) electrons. The number of para-hydroxylation sites is 2. The van der Waals surface area contributed by atoms with Gasteiger partial charge in [-0.05, 0) is 82.9 Å². The maximum absolute atomic E-state index is 6.55. The van der Waals surface area contributed by atoms with Crippen LogP contribution in [0.15, 0.2) is 167 Å². The monoisotopic (exact) mass is 642 g/mol. The number of pyridine rings is 4. The molecule has 0 unspecified atom stereocenters. The average molecular weight is 643 g/mol. The van der Waals surface area contributed by atoms with E-state index >= 15 is 0 Å². The second-order valence-electron chi connectivity index (χ2n) is 12.2. The van der Waals surface area contributed by atoms with Gasteiger partial charge in [0, 0.05) is 57.8 Å².